The van der Waals surface area contributed by atoms with E-state index in [9.17, 15) is 0 Å². The van der Waals surface area contributed by atoms with E-state index in [0.717, 1.165) is 26.6 Å². The van der Waals surface area contributed by atoms with Crippen LogP contribution in [0.3, 0.4) is 0 Å². The molecule has 2 atom stereocenters. The standard InChI is InChI=1S/C11H16Br2N2/c1-3-6(2)10(14)8-4-7(12)5-9(13)11(8)15/h4-6,10H,3,14-15H2,1-2H3/t6?,10-/m0/s1. The van der Waals surface area contributed by atoms with Gasteiger partial charge < -0.3 is 11.5 Å². The van der Waals surface area contributed by atoms with Gasteiger partial charge >= 0.3 is 0 Å². The lowest BCUT2D eigenvalue weighted by atomic mass is 9.92. The molecule has 4 heteroatoms. The summed E-state index contributed by atoms with van der Waals surface area (Å²) in [4.78, 5) is 0. The zero-order valence-corrected chi connectivity index (χ0v) is 12.1. The molecule has 0 aliphatic heterocycles. The van der Waals surface area contributed by atoms with Crippen LogP contribution in [0.4, 0.5) is 5.69 Å². The minimum Gasteiger partial charge on any atom is -0.398 e. The van der Waals surface area contributed by atoms with Gasteiger partial charge in [0.05, 0.1) is 5.69 Å². The first kappa shape index (κ1) is 13.0. The minimum absolute atomic E-state index is 0.0104. The van der Waals surface area contributed by atoms with E-state index < -0.39 is 0 Å². The molecule has 0 saturated carbocycles. The van der Waals surface area contributed by atoms with Crippen molar-refractivity contribution in [1.29, 1.82) is 0 Å². The van der Waals surface area contributed by atoms with Crippen molar-refractivity contribution in [2.75, 3.05) is 5.73 Å². The molecular weight excluding hydrogens is 320 g/mol. The fraction of sp³-hybridized carbons (Fsp3) is 0.455. The molecule has 1 unspecified atom stereocenters. The van der Waals surface area contributed by atoms with Crippen LogP contribution in [-0.4, -0.2) is 0 Å². The van der Waals surface area contributed by atoms with Crippen LogP contribution in [0.1, 0.15) is 31.9 Å². The molecule has 0 bridgehead atoms. The van der Waals surface area contributed by atoms with Crippen molar-refractivity contribution in [2.24, 2.45) is 11.7 Å². The average molecular weight is 336 g/mol. The maximum atomic E-state index is 6.17. The number of anilines is 1. The highest BCUT2D eigenvalue weighted by Gasteiger charge is 2.17. The highest BCUT2D eigenvalue weighted by molar-refractivity contribution is 9.11. The summed E-state index contributed by atoms with van der Waals surface area (Å²) < 4.78 is 1.89. The Hall–Kier alpha value is -0.0600. The molecule has 0 spiro atoms. The molecule has 1 rings (SSSR count). The van der Waals surface area contributed by atoms with Gasteiger partial charge in [0.15, 0.2) is 0 Å². The number of hydrogen-bond donors (Lipinski definition) is 2. The largest absolute Gasteiger partial charge is 0.398 e. The summed E-state index contributed by atoms with van der Waals surface area (Å²) in [7, 11) is 0. The molecular formula is C11H16Br2N2. The quantitative estimate of drug-likeness (QED) is 0.824. The van der Waals surface area contributed by atoms with Crippen LogP contribution in [0.15, 0.2) is 21.1 Å². The van der Waals surface area contributed by atoms with Crippen molar-refractivity contribution in [3.63, 3.8) is 0 Å². The summed E-state index contributed by atoms with van der Waals surface area (Å²) in [6.45, 7) is 4.27. The molecule has 0 radical (unpaired) electrons. The van der Waals surface area contributed by atoms with Crippen molar-refractivity contribution >= 4 is 37.5 Å². The second kappa shape index (κ2) is 5.32. The molecule has 0 aliphatic rings. The topological polar surface area (TPSA) is 52.0 Å². The lowest BCUT2D eigenvalue weighted by molar-refractivity contribution is 0.457. The van der Waals surface area contributed by atoms with E-state index in [1.165, 1.54) is 0 Å². The first-order valence-corrected chi connectivity index (χ1v) is 6.56. The third-order valence-electron chi connectivity index (χ3n) is 2.74. The van der Waals surface area contributed by atoms with E-state index >= 15 is 0 Å². The second-order valence-corrected chi connectivity index (χ2v) is 5.57. The lowest BCUT2D eigenvalue weighted by Crippen LogP contribution is -2.20. The van der Waals surface area contributed by atoms with Crippen LogP contribution < -0.4 is 11.5 Å². The molecule has 15 heavy (non-hydrogen) atoms. The van der Waals surface area contributed by atoms with Gasteiger partial charge in [0.1, 0.15) is 0 Å². The number of hydrogen-bond acceptors (Lipinski definition) is 2. The lowest BCUT2D eigenvalue weighted by Gasteiger charge is -2.21. The monoisotopic (exact) mass is 334 g/mol. The average Bonchev–Trinajstić information content (AvgIpc) is 2.21. The Morgan fingerprint density at radius 2 is 1.93 bits per heavy atom. The van der Waals surface area contributed by atoms with Gasteiger partial charge in [0.2, 0.25) is 0 Å². The molecule has 0 heterocycles. The number of nitrogen functional groups attached to an aromatic ring is 1. The van der Waals surface area contributed by atoms with Gasteiger partial charge in [-0.05, 0) is 39.5 Å². The van der Waals surface area contributed by atoms with Crippen LogP contribution in [-0.2, 0) is 0 Å². The van der Waals surface area contributed by atoms with E-state index in [0.29, 0.717) is 5.92 Å². The first-order chi connectivity index (χ1) is 6.97. The predicted molar refractivity (Wildman–Crippen MR) is 72.6 cm³/mol. The van der Waals surface area contributed by atoms with Gasteiger partial charge in [-0.2, -0.15) is 0 Å². The van der Waals surface area contributed by atoms with Crippen molar-refractivity contribution in [1.82, 2.24) is 0 Å². The van der Waals surface area contributed by atoms with E-state index in [-0.39, 0.29) is 6.04 Å². The van der Waals surface area contributed by atoms with Crippen LogP contribution in [0.5, 0.6) is 0 Å². The van der Waals surface area contributed by atoms with E-state index in [2.05, 4.69) is 45.7 Å². The molecule has 0 aromatic heterocycles. The number of halogens is 2. The fourth-order valence-corrected chi connectivity index (χ4v) is 2.70. The van der Waals surface area contributed by atoms with Crippen LogP contribution >= 0.6 is 31.9 Å². The zero-order chi connectivity index (χ0) is 11.6. The second-order valence-electron chi connectivity index (χ2n) is 3.80. The van der Waals surface area contributed by atoms with E-state index in [4.69, 9.17) is 11.5 Å². The van der Waals surface area contributed by atoms with Crippen molar-refractivity contribution in [3.05, 3.63) is 26.6 Å². The highest BCUT2D eigenvalue weighted by atomic mass is 79.9. The number of rotatable bonds is 3. The normalized spacial score (nSPS) is 15.0. The Labute approximate surface area is 108 Å². The van der Waals surface area contributed by atoms with E-state index in [1.807, 2.05) is 12.1 Å². The third-order valence-corrected chi connectivity index (χ3v) is 3.86. The molecule has 2 nitrogen and oxygen atoms in total. The van der Waals surface area contributed by atoms with Crippen LogP contribution in [0.25, 0.3) is 0 Å². The smallest absolute Gasteiger partial charge is 0.0507 e. The van der Waals surface area contributed by atoms with Gasteiger partial charge in [-0.1, -0.05) is 36.2 Å². The minimum atomic E-state index is -0.0104. The molecule has 1 aromatic carbocycles. The van der Waals surface area contributed by atoms with Crippen molar-refractivity contribution < 1.29 is 0 Å². The summed E-state index contributed by atoms with van der Waals surface area (Å²) in [6, 6.07) is 3.92. The van der Waals surface area contributed by atoms with Gasteiger partial charge in [0.25, 0.3) is 0 Å². The predicted octanol–water partition coefficient (Wildman–Crippen LogP) is 3.84. The Morgan fingerprint density at radius 3 is 2.47 bits per heavy atom. The molecule has 0 amide bonds. The summed E-state index contributed by atoms with van der Waals surface area (Å²) >= 11 is 6.87. The molecule has 4 N–H and O–H groups in total. The summed E-state index contributed by atoms with van der Waals surface area (Å²) in [5.74, 6) is 0.425. The summed E-state index contributed by atoms with van der Waals surface area (Å²) in [5.41, 5.74) is 13.9. The fourth-order valence-electron chi connectivity index (χ4n) is 1.44. The molecule has 0 aliphatic carbocycles. The van der Waals surface area contributed by atoms with Gasteiger partial charge in [0, 0.05) is 15.0 Å². The molecule has 84 valence electrons. The maximum absolute atomic E-state index is 6.17. The first-order valence-electron chi connectivity index (χ1n) is 4.97. The Balaban J connectivity index is 3.13. The van der Waals surface area contributed by atoms with Crippen molar-refractivity contribution in [2.45, 2.75) is 26.3 Å². The molecule has 1 aromatic rings. The van der Waals surface area contributed by atoms with E-state index in [1.54, 1.807) is 0 Å². The zero-order valence-electron chi connectivity index (χ0n) is 8.93. The number of benzene rings is 1. The van der Waals surface area contributed by atoms with Crippen LogP contribution in [0.2, 0.25) is 0 Å². The Bertz CT molecular complexity index is 353. The highest BCUT2D eigenvalue weighted by Crippen LogP contribution is 2.34. The van der Waals surface area contributed by atoms with Gasteiger partial charge in [-0.3, -0.25) is 0 Å². The Kier molecular flexibility index (Phi) is 4.62. The molecule has 0 saturated heterocycles. The molecule has 0 fully saturated rings. The van der Waals surface area contributed by atoms with Crippen LogP contribution in [0, 0.1) is 5.92 Å². The SMILES string of the molecule is CCC(C)[C@H](N)c1cc(Br)cc(Br)c1N. The third kappa shape index (κ3) is 2.95. The number of nitrogens with two attached hydrogens (primary N) is 2. The maximum Gasteiger partial charge on any atom is 0.0507 e. The Morgan fingerprint density at radius 1 is 1.33 bits per heavy atom. The summed E-state index contributed by atoms with van der Waals surface area (Å²) in [6.07, 6.45) is 1.05. The summed E-state index contributed by atoms with van der Waals surface area (Å²) in [5, 5.41) is 0. The van der Waals surface area contributed by atoms with Gasteiger partial charge in [-0.15, -0.1) is 0 Å². The van der Waals surface area contributed by atoms with Gasteiger partial charge in [-0.25, -0.2) is 0 Å². The van der Waals surface area contributed by atoms with Crippen molar-refractivity contribution in [3.8, 4) is 0 Å².